The Morgan fingerprint density at radius 1 is 1.31 bits per heavy atom. The first-order valence-corrected chi connectivity index (χ1v) is 5.81. The maximum absolute atomic E-state index is 5.31. The summed E-state index contributed by atoms with van der Waals surface area (Å²) in [5, 5.41) is 3.44. The van der Waals surface area contributed by atoms with Gasteiger partial charge in [0.25, 0.3) is 0 Å². The molecule has 0 saturated heterocycles. The third kappa shape index (κ3) is 4.49. The second-order valence-corrected chi connectivity index (χ2v) is 4.59. The average Bonchev–Trinajstić information content (AvgIpc) is 2.26. The molecule has 0 bridgehead atoms. The van der Waals surface area contributed by atoms with Crippen molar-refractivity contribution in [1.82, 2.24) is 4.98 Å². The number of nitrogen functional groups attached to an aromatic ring is 1. The van der Waals surface area contributed by atoms with E-state index in [9.17, 15) is 0 Å². The van der Waals surface area contributed by atoms with Gasteiger partial charge in [-0.25, -0.2) is 10.8 Å². The van der Waals surface area contributed by atoms with Crippen LogP contribution in [0.5, 0.6) is 0 Å². The largest absolute Gasteiger partial charge is 0.382 e. The van der Waals surface area contributed by atoms with E-state index in [2.05, 4.69) is 36.5 Å². The summed E-state index contributed by atoms with van der Waals surface area (Å²) in [5.74, 6) is 6.74. The van der Waals surface area contributed by atoms with Crippen LogP contribution in [0.25, 0.3) is 0 Å². The Hall–Kier alpha value is -1.29. The SMILES string of the molecule is CC(C)CCC(C)Nc1ccnc(NN)c1. The molecule has 0 radical (unpaired) electrons. The molecule has 16 heavy (non-hydrogen) atoms. The van der Waals surface area contributed by atoms with Gasteiger partial charge in [-0.1, -0.05) is 13.8 Å². The Labute approximate surface area is 97.6 Å². The highest BCUT2D eigenvalue weighted by atomic mass is 15.2. The Bertz CT molecular complexity index is 312. The molecule has 4 N–H and O–H groups in total. The van der Waals surface area contributed by atoms with Gasteiger partial charge < -0.3 is 10.7 Å². The average molecular weight is 222 g/mol. The molecule has 1 heterocycles. The molecule has 0 fully saturated rings. The number of hydrazine groups is 1. The van der Waals surface area contributed by atoms with Crippen molar-refractivity contribution < 1.29 is 0 Å². The lowest BCUT2D eigenvalue weighted by molar-refractivity contribution is 0.528. The Kier molecular flexibility index (Phi) is 5.05. The lowest BCUT2D eigenvalue weighted by Gasteiger charge is -2.16. The summed E-state index contributed by atoms with van der Waals surface area (Å²) >= 11 is 0. The van der Waals surface area contributed by atoms with Crippen molar-refractivity contribution in [2.75, 3.05) is 10.7 Å². The highest BCUT2D eigenvalue weighted by molar-refractivity contribution is 5.51. The third-order valence-corrected chi connectivity index (χ3v) is 2.50. The van der Waals surface area contributed by atoms with E-state index in [4.69, 9.17) is 5.84 Å². The quantitative estimate of drug-likeness (QED) is 0.511. The number of nitrogens with zero attached hydrogens (tertiary/aromatic N) is 1. The number of anilines is 2. The van der Waals surface area contributed by atoms with Crippen LogP contribution < -0.4 is 16.6 Å². The van der Waals surface area contributed by atoms with Crippen LogP contribution in [0.15, 0.2) is 18.3 Å². The summed E-state index contributed by atoms with van der Waals surface area (Å²) in [5.41, 5.74) is 3.59. The first-order valence-electron chi connectivity index (χ1n) is 5.81. The molecular formula is C12H22N4. The topological polar surface area (TPSA) is 63.0 Å². The van der Waals surface area contributed by atoms with Gasteiger partial charge in [-0.15, -0.1) is 0 Å². The normalized spacial score (nSPS) is 12.6. The molecule has 0 spiro atoms. The number of nitrogens with one attached hydrogen (secondary N) is 2. The van der Waals surface area contributed by atoms with Crippen LogP contribution in [0, 0.1) is 5.92 Å². The van der Waals surface area contributed by atoms with E-state index in [0.29, 0.717) is 11.9 Å². The maximum atomic E-state index is 5.31. The number of rotatable bonds is 6. The van der Waals surface area contributed by atoms with Gasteiger partial charge in [-0.05, 0) is 31.7 Å². The van der Waals surface area contributed by atoms with Crippen LogP contribution in [0.3, 0.4) is 0 Å². The number of aromatic nitrogens is 1. The van der Waals surface area contributed by atoms with Gasteiger partial charge in [-0.3, -0.25) is 0 Å². The monoisotopic (exact) mass is 222 g/mol. The summed E-state index contributed by atoms with van der Waals surface area (Å²) in [7, 11) is 0. The molecule has 0 aliphatic heterocycles. The Morgan fingerprint density at radius 2 is 2.06 bits per heavy atom. The lowest BCUT2D eigenvalue weighted by Crippen LogP contribution is -2.16. The Balaban J connectivity index is 2.45. The molecule has 4 nitrogen and oxygen atoms in total. The van der Waals surface area contributed by atoms with Crippen molar-refractivity contribution in [3.05, 3.63) is 18.3 Å². The van der Waals surface area contributed by atoms with Crippen molar-refractivity contribution in [3.63, 3.8) is 0 Å². The number of nitrogens with two attached hydrogens (primary N) is 1. The number of hydrogen-bond donors (Lipinski definition) is 3. The van der Waals surface area contributed by atoms with E-state index in [1.54, 1.807) is 6.20 Å². The zero-order valence-electron chi connectivity index (χ0n) is 10.3. The zero-order valence-corrected chi connectivity index (χ0v) is 10.3. The smallest absolute Gasteiger partial charge is 0.141 e. The van der Waals surface area contributed by atoms with Crippen LogP contribution in [0.4, 0.5) is 11.5 Å². The second-order valence-electron chi connectivity index (χ2n) is 4.59. The van der Waals surface area contributed by atoms with E-state index in [1.807, 2.05) is 12.1 Å². The zero-order chi connectivity index (χ0) is 12.0. The van der Waals surface area contributed by atoms with Crippen molar-refractivity contribution in [3.8, 4) is 0 Å². The van der Waals surface area contributed by atoms with Crippen molar-refractivity contribution >= 4 is 11.5 Å². The summed E-state index contributed by atoms with van der Waals surface area (Å²) in [4.78, 5) is 4.06. The van der Waals surface area contributed by atoms with Gasteiger partial charge in [0.1, 0.15) is 5.82 Å². The molecule has 1 aromatic rings. The van der Waals surface area contributed by atoms with Gasteiger partial charge in [0.2, 0.25) is 0 Å². The van der Waals surface area contributed by atoms with Gasteiger partial charge in [0, 0.05) is 24.0 Å². The molecule has 0 aromatic carbocycles. The van der Waals surface area contributed by atoms with Crippen molar-refractivity contribution in [1.29, 1.82) is 0 Å². The van der Waals surface area contributed by atoms with E-state index >= 15 is 0 Å². The highest BCUT2D eigenvalue weighted by Gasteiger charge is 2.04. The molecule has 0 aliphatic rings. The fourth-order valence-electron chi connectivity index (χ4n) is 1.54. The molecule has 0 saturated carbocycles. The summed E-state index contributed by atoms with van der Waals surface area (Å²) in [6.07, 6.45) is 4.15. The molecule has 1 unspecified atom stereocenters. The molecule has 1 aromatic heterocycles. The fourth-order valence-corrected chi connectivity index (χ4v) is 1.54. The van der Waals surface area contributed by atoms with Crippen LogP contribution >= 0.6 is 0 Å². The molecular weight excluding hydrogens is 200 g/mol. The minimum Gasteiger partial charge on any atom is -0.382 e. The summed E-state index contributed by atoms with van der Waals surface area (Å²) < 4.78 is 0. The molecule has 90 valence electrons. The van der Waals surface area contributed by atoms with Gasteiger partial charge in [0.15, 0.2) is 0 Å². The molecule has 0 amide bonds. The van der Waals surface area contributed by atoms with Crippen LogP contribution in [-0.4, -0.2) is 11.0 Å². The van der Waals surface area contributed by atoms with Crippen molar-refractivity contribution in [2.24, 2.45) is 11.8 Å². The predicted molar refractivity (Wildman–Crippen MR) is 69.2 cm³/mol. The second kappa shape index (κ2) is 6.33. The van der Waals surface area contributed by atoms with E-state index < -0.39 is 0 Å². The standard InChI is InChI=1S/C12H22N4/c1-9(2)4-5-10(3)15-11-6-7-14-12(8-11)16-13/h6-10H,4-5,13H2,1-3H3,(H2,14,15,16). The lowest BCUT2D eigenvalue weighted by atomic mass is 10.0. The fraction of sp³-hybridized carbons (Fsp3) is 0.583. The van der Waals surface area contributed by atoms with Gasteiger partial charge in [-0.2, -0.15) is 0 Å². The maximum Gasteiger partial charge on any atom is 0.141 e. The Morgan fingerprint density at radius 3 is 2.69 bits per heavy atom. The van der Waals surface area contributed by atoms with E-state index in [1.165, 1.54) is 12.8 Å². The van der Waals surface area contributed by atoms with Crippen LogP contribution in [0.1, 0.15) is 33.6 Å². The number of pyridine rings is 1. The molecule has 1 rings (SSSR count). The van der Waals surface area contributed by atoms with Crippen LogP contribution in [0.2, 0.25) is 0 Å². The van der Waals surface area contributed by atoms with Gasteiger partial charge in [0.05, 0.1) is 0 Å². The number of hydrogen-bond acceptors (Lipinski definition) is 4. The molecule has 4 heteroatoms. The summed E-state index contributed by atoms with van der Waals surface area (Å²) in [6.45, 7) is 6.68. The van der Waals surface area contributed by atoms with Crippen LogP contribution in [-0.2, 0) is 0 Å². The molecule has 0 aliphatic carbocycles. The minimum atomic E-state index is 0.468. The van der Waals surface area contributed by atoms with Crippen molar-refractivity contribution in [2.45, 2.75) is 39.7 Å². The van der Waals surface area contributed by atoms with Gasteiger partial charge >= 0.3 is 0 Å². The first kappa shape index (κ1) is 12.8. The third-order valence-electron chi connectivity index (χ3n) is 2.50. The van der Waals surface area contributed by atoms with E-state index in [-0.39, 0.29) is 0 Å². The predicted octanol–water partition coefficient (Wildman–Crippen LogP) is 2.60. The highest BCUT2D eigenvalue weighted by Crippen LogP contribution is 2.15. The first-order chi connectivity index (χ1) is 7.61. The summed E-state index contributed by atoms with van der Waals surface area (Å²) in [6, 6.07) is 4.33. The van der Waals surface area contributed by atoms with E-state index in [0.717, 1.165) is 11.6 Å². The molecule has 1 atom stereocenters. The minimum absolute atomic E-state index is 0.468.